The summed E-state index contributed by atoms with van der Waals surface area (Å²) in [7, 11) is 0. The molecular formula is C28H27F3N8S. The molecule has 4 aromatic heterocycles. The molecule has 0 radical (unpaired) electrons. The number of hydrogen-bond donors (Lipinski definition) is 2. The lowest BCUT2D eigenvalue weighted by atomic mass is 10.0. The quantitative estimate of drug-likeness (QED) is 0.260. The lowest BCUT2D eigenvalue weighted by Gasteiger charge is -2.33. The number of hydrogen-bond acceptors (Lipinski definition) is 7. The van der Waals surface area contributed by atoms with Crippen LogP contribution in [0.2, 0.25) is 0 Å². The van der Waals surface area contributed by atoms with Crippen LogP contribution in [-0.2, 0) is 19.5 Å². The zero-order chi connectivity index (χ0) is 27.9. The first kappa shape index (κ1) is 26.3. The molecule has 8 nitrogen and oxygen atoms in total. The molecule has 0 spiro atoms. The van der Waals surface area contributed by atoms with E-state index in [1.54, 1.807) is 12.3 Å². The first-order valence-corrected chi connectivity index (χ1v) is 13.9. The molecule has 0 atom stereocenters. The highest BCUT2D eigenvalue weighted by Gasteiger charge is 2.29. The van der Waals surface area contributed by atoms with Crippen LogP contribution in [0.3, 0.4) is 0 Å². The maximum atomic E-state index is 12.9. The van der Waals surface area contributed by atoms with Crippen LogP contribution in [0.4, 0.5) is 19.0 Å². The molecule has 0 amide bonds. The molecule has 5 heterocycles. The van der Waals surface area contributed by atoms with Gasteiger partial charge in [-0.3, -0.25) is 10.00 Å². The van der Waals surface area contributed by atoms with Crippen LogP contribution in [0.15, 0.2) is 43.0 Å². The molecule has 0 unspecified atom stereocenters. The van der Waals surface area contributed by atoms with E-state index in [4.69, 9.17) is 0 Å². The van der Waals surface area contributed by atoms with E-state index in [2.05, 4.69) is 55.5 Å². The number of piperidine rings is 1. The van der Waals surface area contributed by atoms with Crippen LogP contribution in [0.1, 0.15) is 40.1 Å². The molecule has 6 rings (SSSR count). The Morgan fingerprint density at radius 3 is 2.70 bits per heavy atom. The SMILES string of the molecule is Cc1c(CN2CCC(Nc3ncnc4sc(CC(F)(F)F)cc34)CC2)ccc2c1cc(C#N)n2Cc1cn[nH]c1. The third kappa shape index (κ3) is 5.39. The van der Waals surface area contributed by atoms with Crippen LogP contribution in [0.5, 0.6) is 0 Å². The largest absolute Gasteiger partial charge is 0.393 e. The number of likely N-dealkylation sites (tertiary alicyclic amines) is 1. The number of halogens is 3. The Morgan fingerprint density at radius 1 is 1.15 bits per heavy atom. The van der Waals surface area contributed by atoms with Crippen molar-refractivity contribution in [3.63, 3.8) is 0 Å². The molecule has 1 fully saturated rings. The molecule has 206 valence electrons. The van der Waals surface area contributed by atoms with Gasteiger partial charge in [-0.1, -0.05) is 6.07 Å². The second kappa shape index (κ2) is 10.6. The van der Waals surface area contributed by atoms with E-state index in [9.17, 15) is 18.4 Å². The number of anilines is 1. The maximum Gasteiger partial charge on any atom is 0.393 e. The van der Waals surface area contributed by atoms with Crippen molar-refractivity contribution >= 4 is 38.3 Å². The van der Waals surface area contributed by atoms with E-state index < -0.39 is 12.6 Å². The number of thiophene rings is 1. The lowest BCUT2D eigenvalue weighted by Crippen LogP contribution is -2.39. The van der Waals surface area contributed by atoms with Crippen LogP contribution in [-0.4, -0.2) is 54.9 Å². The number of alkyl halides is 3. The van der Waals surface area contributed by atoms with Crippen molar-refractivity contribution in [2.45, 2.75) is 51.5 Å². The number of nitrogens with one attached hydrogen (secondary N) is 2. The maximum absolute atomic E-state index is 12.9. The van der Waals surface area contributed by atoms with Crippen LogP contribution < -0.4 is 5.32 Å². The fraction of sp³-hybridized carbons (Fsp3) is 0.357. The number of aromatic nitrogens is 5. The van der Waals surface area contributed by atoms with E-state index in [-0.39, 0.29) is 10.9 Å². The predicted molar refractivity (Wildman–Crippen MR) is 148 cm³/mol. The van der Waals surface area contributed by atoms with Gasteiger partial charge in [-0.05, 0) is 49.1 Å². The minimum atomic E-state index is -4.25. The van der Waals surface area contributed by atoms with Crippen molar-refractivity contribution in [3.05, 3.63) is 70.2 Å². The normalized spacial score (nSPS) is 15.2. The van der Waals surface area contributed by atoms with E-state index in [0.29, 0.717) is 28.3 Å². The molecular weight excluding hydrogens is 537 g/mol. The Kier molecular flexibility index (Phi) is 6.93. The highest BCUT2D eigenvalue weighted by atomic mass is 32.1. The van der Waals surface area contributed by atoms with Gasteiger partial charge in [0.2, 0.25) is 0 Å². The number of benzene rings is 1. The summed E-state index contributed by atoms with van der Waals surface area (Å²) in [5.41, 5.74) is 5.08. The number of aromatic amines is 1. The van der Waals surface area contributed by atoms with E-state index in [0.717, 1.165) is 60.3 Å². The molecule has 40 heavy (non-hydrogen) atoms. The summed E-state index contributed by atoms with van der Waals surface area (Å²) in [6.07, 6.45) is 1.60. The molecule has 12 heteroatoms. The Bertz CT molecular complexity index is 1690. The van der Waals surface area contributed by atoms with Crippen molar-refractivity contribution in [2.24, 2.45) is 0 Å². The number of fused-ring (bicyclic) bond motifs is 2. The van der Waals surface area contributed by atoms with Gasteiger partial charge >= 0.3 is 6.18 Å². The average Bonchev–Trinajstić information content (AvgIpc) is 3.66. The Hall–Kier alpha value is -3.95. The Morgan fingerprint density at radius 2 is 1.98 bits per heavy atom. The fourth-order valence-corrected chi connectivity index (χ4v) is 6.50. The highest BCUT2D eigenvalue weighted by molar-refractivity contribution is 7.18. The number of nitrogens with zero attached hydrogens (tertiary/aromatic N) is 6. The number of aryl methyl sites for hydroxylation is 1. The summed E-state index contributed by atoms with van der Waals surface area (Å²) < 4.78 is 40.7. The Balaban J connectivity index is 1.12. The summed E-state index contributed by atoms with van der Waals surface area (Å²) in [6.45, 7) is 5.28. The summed E-state index contributed by atoms with van der Waals surface area (Å²) in [5.74, 6) is 0.600. The lowest BCUT2D eigenvalue weighted by molar-refractivity contribution is -0.126. The fourth-order valence-electron chi connectivity index (χ4n) is 5.48. The van der Waals surface area contributed by atoms with Crippen molar-refractivity contribution in [1.29, 1.82) is 5.26 Å². The average molecular weight is 565 g/mol. The number of H-pyrrole nitrogens is 1. The molecule has 0 aliphatic carbocycles. The predicted octanol–water partition coefficient (Wildman–Crippen LogP) is 5.78. The van der Waals surface area contributed by atoms with Crippen molar-refractivity contribution in [3.8, 4) is 6.07 Å². The van der Waals surface area contributed by atoms with Gasteiger partial charge in [0, 0.05) is 53.2 Å². The minimum Gasteiger partial charge on any atom is -0.367 e. The smallest absolute Gasteiger partial charge is 0.367 e. The number of rotatable bonds is 7. The molecule has 5 aromatic rings. The van der Waals surface area contributed by atoms with Crippen LogP contribution in [0, 0.1) is 18.3 Å². The van der Waals surface area contributed by atoms with E-state index >= 15 is 0 Å². The van der Waals surface area contributed by atoms with Crippen LogP contribution >= 0.6 is 11.3 Å². The van der Waals surface area contributed by atoms with Gasteiger partial charge in [0.1, 0.15) is 28.7 Å². The summed E-state index contributed by atoms with van der Waals surface area (Å²) in [4.78, 5) is 11.7. The molecule has 0 saturated carbocycles. The molecule has 1 aliphatic rings. The van der Waals surface area contributed by atoms with E-state index in [1.807, 2.05) is 16.8 Å². The molecule has 1 saturated heterocycles. The van der Waals surface area contributed by atoms with Gasteiger partial charge in [0.15, 0.2) is 0 Å². The van der Waals surface area contributed by atoms with Gasteiger partial charge in [-0.2, -0.15) is 23.5 Å². The van der Waals surface area contributed by atoms with Gasteiger partial charge in [-0.15, -0.1) is 11.3 Å². The summed E-state index contributed by atoms with van der Waals surface area (Å²) in [6, 6.07) is 10.3. The monoisotopic (exact) mass is 564 g/mol. The zero-order valence-corrected chi connectivity index (χ0v) is 22.6. The molecule has 1 aliphatic heterocycles. The van der Waals surface area contributed by atoms with Gasteiger partial charge < -0.3 is 9.88 Å². The number of nitriles is 1. The third-order valence-corrected chi connectivity index (χ3v) is 8.60. The standard InChI is InChI=1S/C28H27F3N8S/c1-17-19(2-3-25-23(17)8-21(11-32)39(25)14-18-12-35-36-13-18)15-38-6-4-20(5-7-38)37-26-24-9-22(10-28(29,30)31)40-27(24)34-16-33-26/h2-3,8-9,12-13,16,20H,4-7,10,14-15H2,1H3,(H,35,36)(H,33,34,37). The summed E-state index contributed by atoms with van der Waals surface area (Å²) >= 11 is 1.07. The van der Waals surface area contributed by atoms with Gasteiger partial charge in [0.25, 0.3) is 0 Å². The van der Waals surface area contributed by atoms with Crippen LogP contribution in [0.25, 0.3) is 21.1 Å². The highest BCUT2D eigenvalue weighted by Crippen LogP contribution is 2.33. The minimum absolute atomic E-state index is 0.180. The first-order chi connectivity index (χ1) is 19.3. The molecule has 1 aromatic carbocycles. The first-order valence-electron chi connectivity index (χ1n) is 13.1. The van der Waals surface area contributed by atoms with Gasteiger partial charge in [-0.25, -0.2) is 9.97 Å². The molecule has 2 N–H and O–H groups in total. The van der Waals surface area contributed by atoms with Crippen molar-refractivity contribution < 1.29 is 13.2 Å². The van der Waals surface area contributed by atoms with Crippen molar-refractivity contribution in [1.82, 2.24) is 29.6 Å². The Labute approximate surface area is 232 Å². The second-order valence-electron chi connectivity index (χ2n) is 10.3. The topological polar surface area (TPSA) is 98.5 Å². The van der Waals surface area contributed by atoms with E-state index in [1.165, 1.54) is 17.5 Å². The van der Waals surface area contributed by atoms with Crippen molar-refractivity contribution in [2.75, 3.05) is 18.4 Å². The second-order valence-corrected chi connectivity index (χ2v) is 11.4. The zero-order valence-electron chi connectivity index (χ0n) is 21.8. The summed E-state index contributed by atoms with van der Waals surface area (Å²) in [5, 5.41) is 21.8. The van der Waals surface area contributed by atoms with Gasteiger partial charge in [0.05, 0.1) is 24.5 Å². The third-order valence-electron chi connectivity index (χ3n) is 7.55. The molecule has 0 bridgehead atoms.